The van der Waals surface area contributed by atoms with Crippen LogP contribution in [0.4, 0.5) is 0 Å². The SMILES string of the molecule is CC(C)(CN)CC(C)(C)COCc1ccccc1. The molecule has 0 aromatic heterocycles. The lowest BCUT2D eigenvalue weighted by Gasteiger charge is -2.34. The Labute approximate surface area is 112 Å². The first-order valence-electron chi connectivity index (χ1n) is 6.66. The standard InChI is InChI=1S/C16H27NO/c1-15(2,12-17)11-16(3,4)13-18-10-14-8-6-5-7-9-14/h5-9H,10-13,17H2,1-4H3. The van der Waals surface area contributed by atoms with E-state index in [2.05, 4.69) is 39.8 Å². The van der Waals surface area contributed by atoms with Crippen LogP contribution in [-0.2, 0) is 11.3 Å². The minimum atomic E-state index is 0.164. The second-order valence-corrected chi connectivity index (χ2v) is 6.69. The summed E-state index contributed by atoms with van der Waals surface area (Å²) in [5.74, 6) is 0. The Morgan fingerprint density at radius 2 is 1.61 bits per heavy atom. The molecule has 1 aromatic carbocycles. The van der Waals surface area contributed by atoms with Gasteiger partial charge in [0.1, 0.15) is 0 Å². The molecule has 0 saturated heterocycles. The molecule has 0 fully saturated rings. The molecule has 0 aliphatic carbocycles. The molecule has 0 amide bonds. The van der Waals surface area contributed by atoms with E-state index in [1.54, 1.807) is 0 Å². The predicted octanol–water partition coefficient (Wildman–Crippen LogP) is 3.60. The molecule has 1 aromatic rings. The van der Waals surface area contributed by atoms with Gasteiger partial charge in [0.2, 0.25) is 0 Å². The average Bonchev–Trinajstić information content (AvgIpc) is 2.29. The number of hydrogen-bond acceptors (Lipinski definition) is 2. The van der Waals surface area contributed by atoms with Gasteiger partial charge in [0.05, 0.1) is 13.2 Å². The van der Waals surface area contributed by atoms with Crippen molar-refractivity contribution >= 4 is 0 Å². The Bertz CT molecular complexity index is 343. The molecule has 0 heterocycles. The van der Waals surface area contributed by atoms with E-state index >= 15 is 0 Å². The van der Waals surface area contributed by atoms with Gasteiger partial charge < -0.3 is 10.5 Å². The van der Waals surface area contributed by atoms with Crippen LogP contribution in [-0.4, -0.2) is 13.2 Å². The first-order valence-corrected chi connectivity index (χ1v) is 6.66. The van der Waals surface area contributed by atoms with Gasteiger partial charge in [-0.15, -0.1) is 0 Å². The number of nitrogens with two attached hydrogens (primary N) is 1. The first kappa shape index (κ1) is 15.2. The second kappa shape index (κ2) is 6.35. The summed E-state index contributed by atoms with van der Waals surface area (Å²) in [6.45, 7) is 11.1. The summed E-state index contributed by atoms with van der Waals surface area (Å²) < 4.78 is 5.83. The van der Waals surface area contributed by atoms with Gasteiger partial charge >= 0.3 is 0 Å². The molecular weight excluding hydrogens is 222 g/mol. The fraction of sp³-hybridized carbons (Fsp3) is 0.625. The van der Waals surface area contributed by atoms with Gasteiger partial charge in [-0.05, 0) is 29.4 Å². The molecule has 0 radical (unpaired) electrons. The number of hydrogen-bond donors (Lipinski definition) is 1. The summed E-state index contributed by atoms with van der Waals surface area (Å²) in [6.07, 6.45) is 1.07. The van der Waals surface area contributed by atoms with E-state index in [9.17, 15) is 0 Å². The maximum absolute atomic E-state index is 5.83. The average molecular weight is 249 g/mol. The van der Waals surface area contributed by atoms with Gasteiger partial charge in [0.15, 0.2) is 0 Å². The zero-order valence-corrected chi connectivity index (χ0v) is 12.2. The van der Waals surface area contributed by atoms with Crippen molar-refractivity contribution in [3.05, 3.63) is 35.9 Å². The highest BCUT2D eigenvalue weighted by atomic mass is 16.5. The monoisotopic (exact) mass is 249 g/mol. The third-order valence-electron chi connectivity index (χ3n) is 3.11. The summed E-state index contributed by atoms with van der Waals surface area (Å²) in [7, 11) is 0. The van der Waals surface area contributed by atoms with Gasteiger partial charge in [0, 0.05) is 0 Å². The maximum Gasteiger partial charge on any atom is 0.0717 e. The van der Waals surface area contributed by atoms with Crippen molar-refractivity contribution in [3.8, 4) is 0 Å². The fourth-order valence-electron chi connectivity index (χ4n) is 2.44. The van der Waals surface area contributed by atoms with Gasteiger partial charge in [-0.3, -0.25) is 0 Å². The topological polar surface area (TPSA) is 35.2 Å². The lowest BCUT2D eigenvalue weighted by atomic mass is 9.75. The minimum absolute atomic E-state index is 0.164. The summed E-state index contributed by atoms with van der Waals surface area (Å²) in [5, 5.41) is 0. The van der Waals surface area contributed by atoms with Crippen LogP contribution in [0.1, 0.15) is 39.7 Å². The van der Waals surface area contributed by atoms with Crippen LogP contribution in [0.2, 0.25) is 0 Å². The van der Waals surface area contributed by atoms with Crippen LogP contribution in [0.25, 0.3) is 0 Å². The third kappa shape index (κ3) is 5.65. The van der Waals surface area contributed by atoms with Gasteiger partial charge in [-0.25, -0.2) is 0 Å². The van der Waals surface area contributed by atoms with E-state index in [4.69, 9.17) is 10.5 Å². The summed E-state index contributed by atoms with van der Waals surface area (Å²) >= 11 is 0. The molecule has 0 bridgehead atoms. The number of ether oxygens (including phenoxy) is 1. The molecular formula is C16H27NO. The van der Waals surface area contributed by atoms with Crippen molar-refractivity contribution in [2.75, 3.05) is 13.2 Å². The highest BCUT2D eigenvalue weighted by molar-refractivity contribution is 5.13. The van der Waals surface area contributed by atoms with E-state index < -0.39 is 0 Å². The Morgan fingerprint density at radius 1 is 1.00 bits per heavy atom. The lowest BCUT2D eigenvalue weighted by molar-refractivity contribution is 0.0289. The smallest absolute Gasteiger partial charge is 0.0717 e. The second-order valence-electron chi connectivity index (χ2n) is 6.69. The molecule has 18 heavy (non-hydrogen) atoms. The Morgan fingerprint density at radius 3 is 2.17 bits per heavy atom. The zero-order valence-electron chi connectivity index (χ0n) is 12.2. The van der Waals surface area contributed by atoms with Crippen LogP contribution in [0.3, 0.4) is 0 Å². The molecule has 0 atom stereocenters. The largest absolute Gasteiger partial charge is 0.376 e. The molecule has 0 aliphatic heterocycles. The van der Waals surface area contributed by atoms with Crippen LogP contribution in [0.5, 0.6) is 0 Å². The highest BCUT2D eigenvalue weighted by Crippen LogP contribution is 2.33. The summed E-state index contributed by atoms with van der Waals surface area (Å²) in [6, 6.07) is 10.3. The quantitative estimate of drug-likeness (QED) is 0.801. The van der Waals surface area contributed by atoms with Gasteiger partial charge in [0.25, 0.3) is 0 Å². The van der Waals surface area contributed by atoms with Gasteiger partial charge in [-0.1, -0.05) is 58.0 Å². The summed E-state index contributed by atoms with van der Waals surface area (Å²) in [4.78, 5) is 0. The Kier molecular flexibility index (Phi) is 5.36. The maximum atomic E-state index is 5.83. The van der Waals surface area contributed by atoms with Gasteiger partial charge in [-0.2, -0.15) is 0 Å². The molecule has 2 heteroatoms. The molecule has 1 rings (SSSR count). The molecule has 102 valence electrons. The van der Waals surface area contributed by atoms with Crippen molar-refractivity contribution in [3.63, 3.8) is 0 Å². The number of benzene rings is 1. The van der Waals surface area contributed by atoms with Crippen LogP contribution < -0.4 is 5.73 Å². The molecule has 0 spiro atoms. The first-order chi connectivity index (χ1) is 8.35. The van der Waals surface area contributed by atoms with E-state index in [0.29, 0.717) is 6.61 Å². The summed E-state index contributed by atoms with van der Waals surface area (Å²) in [5.41, 5.74) is 7.37. The van der Waals surface area contributed by atoms with Crippen LogP contribution in [0.15, 0.2) is 30.3 Å². The van der Waals surface area contributed by atoms with Crippen LogP contribution >= 0.6 is 0 Å². The normalized spacial score (nSPS) is 12.7. The third-order valence-corrected chi connectivity index (χ3v) is 3.11. The molecule has 0 unspecified atom stereocenters. The fourth-order valence-corrected chi connectivity index (χ4v) is 2.44. The van der Waals surface area contributed by atoms with Crippen LogP contribution in [0, 0.1) is 10.8 Å². The van der Waals surface area contributed by atoms with Crippen molar-refractivity contribution in [2.24, 2.45) is 16.6 Å². The predicted molar refractivity (Wildman–Crippen MR) is 77.3 cm³/mol. The van der Waals surface area contributed by atoms with E-state index in [1.165, 1.54) is 5.56 Å². The van der Waals surface area contributed by atoms with E-state index in [1.807, 2.05) is 18.2 Å². The minimum Gasteiger partial charge on any atom is -0.376 e. The lowest BCUT2D eigenvalue weighted by Crippen LogP contribution is -2.32. The molecule has 2 nitrogen and oxygen atoms in total. The van der Waals surface area contributed by atoms with Crippen molar-refractivity contribution in [1.29, 1.82) is 0 Å². The van der Waals surface area contributed by atoms with E-state index in [0.717, 1.165) is 19.6 Å². The van der Waals surface area contributed by atoms with E-state index in [-0.39, 0.29) is 10.8 Å². The van der Waals surface area contributed by atoms with Crippen molar-refractivity contribution in [2.45, 2.75) is 40.7 Å². The highest BCUT2D eigenvalue weighted by Gasteiger charge is 2.27. The Balaban J connectivity index is 2.38. The number of rotatable bonds is 7. The molecule has 0 saturated carbocycles. The zero-order chi connectivity index (χ0) is 13.6. The van der Waals surface area contributed by atoms with Crippen molar-refractivity contribution < 1.29 is 4.74 Å². The van der Waals surface area contributed by atoms with Crippen molar-refractivity contribution in [1.82, 2.24) is 0 Å². The molecule has 2 N–H and O–H groups in total. The molecule has 0 aliphatic rings. The Hall–Kier alpha value is -0.860.